The number of benzene rings is 2. The van der Waals surface area contributed by atoms with Crippen LogP contribution in [0, 0.1) is 0 Å². The van der Waals surface area contributed by atoms with Crippen LogP contribution in [0.4, 0.5) is 0 Å². The minimum Gasteiger partial charge on any atom is -0.469 e. The number of nitrogens with one attached hydrogen (secondary N) is 1. The Kier molecular flexibility index (Phi) is 3.69. The second-order valence-electron chi connectivity index (χ2n) is 7.71. The first-order valence-electron chi connectivity index (χ1n) is 8.96. The maximum atomic E-state index is 12.3. The number of carbonyl (C=O) groups excluding carboxylic acids is 2. The van der Waals surface area contributed by atoms with Gasteiger partial charge in [-0.2, -0.15) is 0 Å². The summed E-state index contributed by atoms with van der Waals surface area (Å²) >= 11 is 0. The quantitative estimate of drug-likeness (QED) is 0.865. The van der Waals surface area contributed by atoms with Crippen LogP contribution in [0.1, 0.15) is 54.9 Å². The van der Waals surface area contributed by atoms with Crippen molar-refractivity contribution in [1.29, 1.82) is 0 Å². The third-order valence-corrected chi connectivity index (χ3v) is 6.07. The third kappa shape index (κ3) is 2.21. The first-order chi connectivity index (χ1) is 12.4. The van der Waals surface area contributed by atoms with Crippen LogP contribution in [0.15, 0.2) is 48.5 Å². The Balaban J connectivity index is 2.00. The van der Waals surface area contributed by atoms with Gasteiger partial charge in [0.05, 0.1) is 19.1 Å². The Morgan fingerprint density at radius 1 is 1.08 bits per heavy atom. The molecule has 134 valence electrons. The average molecular weight is 349 g/mol. The van der Waals surface area contributed by atoms with Gasteiger partial charge in [0.25, 0.3) is 0 Å². The number of esters is 1. The number of hydrogen-bond acceptors (Lipinski definition) is 3. The van der Waals surface area contributed by atoms with E-state index in [0.29, 0.717) is 6.42 Å². The van der Waals surface area contributed by atoms with Crippen molar-refractivity contribution in [3.63, 3.8) is 0 Å². The molecule has 0 spiro atoms. The van der Waals surface area contributed by atoms with E-state index < -0.39 is 5.54 Å². The maximum Gasteiger partial charge on any atom is 0.307 e. The molecule has 0 saturated carbocycles. The van der Waals surface area contributed by atoms with Crippen molar-refractivity contribution in [3.8, 4) is 0 Å². The predicted octanol–water partition coefficient (Wildman–Crippen LogP) is 3.28. The molecule has 2 aromatic carbocycles. The zero-order valence-electron chi connectivity index (χ0n) is 15.3. The molecule has 0 radical (unpaired) electrons. The van der Waals surface area contributed by atoms with E-state index in [9.17, 15) is 9.59 Å². The Labute approximate surface area is 153 Å². The van der Waals surface area contributed by atoms with Crippen molar-refractivity contribution in [3.05, 3.63) is 70.8 Å². The lowest BCUT2D eigenvalue weighted by atomic mass is 9.49. The van der Waals surface area contributed by atoms with Gasteiger partial charge in [-0.25, -0.2) is 0 Å². The zero-order chi connectivity index (χ0) is 18.5. The van der Waals surface area contributed by atoms with E-state index in [1.54, 1.807) is 0 Å². The molecule has 0 heterocycles. The van der Waals surface area contributed by atoms with E-state index >= 15 is 0 Å². The molecule has 2 aromatic rings. The second kappa shape index (κ2) is 5.70. The summed E-state index contributed by atoms with van der Waals surface area (Å²) in [5.74, 6) is -0.496. The van der Waals surface area contributed by atoms with Crippen LogP contribution in [0.2, 0.25) is 0 Å². The molecule has 3 aliphatic rings. The van der Waals surface area contributed by atoms with Crippen LogP contribution in [0.25, 0.3) is 0 Å². The van der Waals surface area contributed by atoms with Gasteiger partial charge < -0.3 is 10.1 Å². The summed E-state index contributed by atoms with van der Waals surface area (Å²) in [6, 6.07) is 16.8. The molecule has 4 heteroatoms. The third-order valence-electron chi connectivity index (χ3n) is 6.07. The Hall–Kier alpha value is -2.62. The lowest BCUT2D eigenvalue weighted by molar-refractivity contribution is -0.143. The fraction of sp³-hybridized carbons (Fsp3) is 0.364. The number of fused-ring (bicyclic) bond motifs is 1. The number of carbonyl (C=O) groups is 2. The molecule has 26 heavy (non-hydrogen) atoms. The van der Waals surface area contributed by atoms with Crippen LogP contribution in [-0.4, -0.2) is 24.5 Å². The van der Waals surface area contributed by atoms with Gasteiger partial charge in [-0.15, -0.1) is 0 Å². The maximum absolute atomic E-state index is 12.3. The Morgan fingerprint density at radius 3 is 2.12 bits per heavy atom. The molecular weight excluding hydrogens is 326 g/mol. The topological polar surface area (TPSA) is 55.4 Å². The molecule has 3 aliphatic carbocycles. The Bertz CT molecular complexity index is 856. The summed E-state index contributed by atoms with van der Waals surface area (Å²) in [5.41, 5.74) is 4.01. The van der Waals surface area contributed by atoms with Gasteiger partial charge in [-0.1, -0.05) is 55.5 Å². The molecule has 5 rings (SSSR count). The SMILES string of the molecule is COC(=O)CC1(NC(C)=O)CC2(C)c3ccccc3C1c1ccccc12. The molecule has 0 aliphatic heterocycles. The van der Waals surface area contributed by atoms with E-state index in [4.69, 9.17) is 4.74 Å². The summed E-state index contributed by atoms with van der Waals surface area (Å²) in [5, 5.41) is 3.16. The van der Waals surface area contributed by atoms with Crippen LogP contribution < -0.4 is 5.32 Å². The first kappa shape index (κ1) is 16.8. The Morgan fingerprint density at radius 2 is 1.62 bits per heavy atom. The van der Waals surface area contributed by atoms with E-state index in [-0.39, 0.29) is 29.6 Å². The molecule has 0 aromatic heterocycles. The monoisotopic (exact) mass is 349 g/mol. The lowest BCUT2D eigenvalue weighted by Crippen LogP contribution is -2.62. The molecule has 1 atom stereocenters. The highest BCUT2D eigenvalue weighted by Crippen LogP contribution is 2.60. The molecule has 1 unspecified atom stereocenters. The summed E-state index contributed by atoms with van der Waals surface area (Å²) in [6.45, 7) is 3.73. The zero-order valence-corrected chi connectivity index (χ0v) is 15.3. The van der Waals surface area contributed by atoms with Crippen molar-refractivity contribution >= 4 is 11.9 Å². The first-order valence-corrected chi connectivity index (χ1v) is 8.96. The highest BCUT2D eigenvalue weighted by atomic mass is 16.5. The second-order valence-corrected chi connectivity index (χ2v) is 7.71. The van der Waals surface area contributed by atoms with Gasteiger partial charge in [-0.05, 0) is 28.7 Å². The number of rotatable bonds is 3. The normalized spacial score (nSPS) is 28.0. The number of hydrogen-bond donors (Lipinski definition) is 1. The van der Waals surface area contributed by atoms with Gasteiger partial charge in [0, 0.05) is 18.3 Å². The molecular formula is C22H23NO3. The van der Waals surface area contributed by atoms with Crippen molar-refractivity contribution in [2.45, 2.75) is 43.6 Å². The summed E-state index contributed by atoms with van der Waals surface area (Å²) < 4.78 is 4.99. The van der Waals surface area contributed by atoms with Gasteiger partial charge >= 0.3 is 5.97 Å². The molecule has 0 fully saturated rings. The van der Waals surface area contributed by atoms with Crippen LogP contribution in [0.5, 0.6) is 0 Å². The summed E-state index contributed by atoms with van der Waals surface area (Å²) in [4.78, 5) is 24.4. The van der Waals surface area contributed by atoms with E-state index in [1.165, 1.54) is 36.3 Å². The largest absolute Gasteiger partial charge is 0.469 e. The average Bonchev–Trinajstić information content (AvgIpc) is 2.61. The van der Waals surface area contributed by atoms with E-state index in [2.05, 4.69) is 48.6 Å². The van der Waals surface area contributed by atoms with Crippen molar-refractivity contribution in [1.82, 2.24) is 5.32 Å². The standard InChI is InChI=1S/C22H23NO3/c1-14(24)23-22(12-19(25)26-3)13-21(2)17-10-6-4-8-15(17)20(22)16-9-5-7-11-18(16)21/h4-11,20H,12-13H2,1-3H3,(H,23,24). The summed E-state index contributed by atoms with van der Waals surface area (Å²) in [7, 11) is 1.40. The van der Waals surface area contributed by atoms with Gasteiger partial charge in [0.15, 0.2) is 0 Å². The number of ether oxygens (including phenoxy) is 1. The van der Waals surface area contributed by atoms with Gasteiger partial charge in [-0.3, -0.25) is 9.59 Å². The molecule has 0 saturated heterocycles. The van der Waals surface area contributed by atoms with Crippen molar-refractivity contribution in [2.75, 3.05) is 7.11 Å². The lowest BCUT2D eigenvalue weighted by Gasteiger charge is -2.57. The van der Waals surface area contributed by atoms with E-state index in [0.717, 1.165) is 0 Å². The number of amides is 1. The van der Waals surface area contributed by atoms with E-state index in [1.807, 2.05) is 12.1 Å². The molecule has 4 nitrogen and oxygen atoms in total. The van der Waals surface area contributed by atoms with Crippen LogP contribution >= 0.6 is 0 Å². The fourth-order valence-electron chi connectivity index (χ4n) is 5.34. The summed E-state index contributed by atoms with van der Waals surface area (Å²) in [6.07, 6.45) is 0.833. The highest BCUT2D eigenvalue weighted by Gasteiger charge is 2.58. The van der Waals surface area contributed by atoms with Crippen molar-refractivity contribution < 1.29 is 14.3 Å². The smallest absolute Gasteiger partial charge is 0.307 e. The minimum absolute atomic E-state index is 0.0697. The van der Waals surface area contributed by atoms with Crippen LogP contribution in [-0.2, 0) is 19.7 Å². The predicted molar refractivity (Wildman–Crippen MR) is 99.0 cm³/mol. The molecule has 1 amide bonds. The van der Waals surface area contributed by atoms with Gasteiger partial charge in [0.2, 0.25) is 5.91 Å². The number of methoxy groups -OCH3 is 1. The van der Waals surface area contributed by atoms with Gasteiger partial charge in [0.1, 0.15) is 0 Å². The molecule has 2 bridgehead atoms. The molecule has 1 N–H and O–H groups in total. The fourth-order valence-corrected chi connectivity index (χ4v) is 5.34. The van der Waals surface area contributed by atoms with Crippen molar-refractivity contribution in [2.24, 2.45) is 0 Å². The minimum atomic E-state index is -0.684. The highest BCUT2D eigenvalue weighted by molar-refractivity contribution is 5.79. The van der Waals surface area contributed by atoms with Crippen LogP contribution in [0.3, 0.4) is 0 Å².